The first-order valence-corrected chi connectivity index (χ1v) is 9.41. The Morgan fingerprint density at radius 1 is 1.20 bits per heavy atom. The predicted octanol–water partition coefficient (Wildman–Crippen LogP) is 1.86. The monoisotopic (exact) mass is 357 g/mol. The lowest BCUT2D eigenvalue weighted by Gasteiger charge is -2.08. The summed E-state index contributed by atoms with van der Waals surface area (Å²) < 4.78 is 31.1. The van der Waals surface area contributed by atoms with Crippen LogP contribution in [0.15, 0.2) is 58.3 Å². The Hall–Kier alpha value is -2.87. The van der Waals surface area contributed by atoms with E-state index >= 15 is 0 Å². The summed E-state index contributed by atoms with van der Waals surface area (Å²) in [7, 11) is -3.45. The van der Waals surface area contributed by atoms with Crippen LogP contribution in [0.5, 0.6) is 0 Å². The van der Waals surface area contributed by atoms with E-state index in [1.165, 1.54) is 10.8 Å². The lowest BCUT2D eigenvalue weighted by Crippen LogP contribution is -2.25. The van der Waals surface area contributed by atoms with E-state index in [0.717, 1.165) is 0 Å². The number of imidazole rings is 1. The first kappa shape index (κ1) is 15.6. The van der Waals surface area contributed by atoms with Crippen molar-refractivity contribution in [1.29, 1.82) is 0 Å². The molecule has 0 atom stereocenters. The molecular weight excluding hydrogens is 342 g/mol. The Labute approximate surface area is 144 Å². The standard InChI is InChI=1S/C17H15N3O4S/c21-16(18-11-13-7-4-9-24-13)15-14(12-5-2-1-3-6-12)19-17-20(15)8-10-25(17,22)23/h1-7,9H,8,10-11H2,(H,18,21). The molecule has 128 valence electrons. The number of amides is 1. The number of hydrogen-bond acceptors (Lipinski definition) is 5. The number of fused-ring (bicyclic) bond motifs is 1. The van der Waals surface area contributed by atoms with Crippen LogP contribution in [0, 0.1) is 0 Å². The summed E-state index contributed by atoms with van der Waals surface area (Å²) in [6, 6.07) is 12.6. The van der Waals surface area contributed by atoms with Gasteiger partial charge in [-0.3, -0.25) is 4.79 Å². The van der Waals surface area contributed by atoms with E-state index in [4.69, 9.17) is 4.42 Å². The second kappa shape index (κ2) is 5.89. The van der Waals surface area contributed by atoms with Gasteiger partial charge in [0.2, 0.25) is 15.0 Å². The van der Waals surface area contributed by atoms with E-state index < -0.39 is 9.84 Å². The van der Waals surface area contributed by atoms with E-state index in [0.29, 0.717) is 17.0 Å². The van der Waals surface area contributed by atoms with Gasteiger partial charge in [-0.05, 0) is 12.1 Å². The van der Waals surface area contributed by atoms with Crippen LogP contribution in [0.2, 0.25) is 0 Å². The van der Waals surface area contributed by atoms with Crippen molar-refractivity contribution in [2.24, 2.45) is 0 Å². The second-order valence-corrected chi connectivity index (χ2v) is 7.69. The normalized spacial score (nSPS) is 15.0. The first-order valence-electron chi connectivity index (χ1n) is 7.75. The fraction of sp³-hybridized carbons (Fsp3) is 0.176. The highest BCUT2D eigenvalue weighted by Gasteiger charge is 2.35. The van der Waals surface area contributed by atoms with Crippen molar-refractivity contribution in [3.8, 4) is 11.3 Å². The Bertz CT molecular complexity index is 1020. The van der Waals surface area contributed by atoms with Gasteiger partial charge in [0, 0.05) is 12.1 Å². The summed E-state index contributed by atoms with van der Waals surface area (Å²) in [4.78, 5) is 17.0. The van der Waals surface area contributed by atoms with Crippen LogP contribution in [0.1, 0.15) is 16.2 Å². The molecular formula is C17H15N3O4S. The van der Waals surface area contributed by atoms with Gasteiger partial charge in [-0.15, -0.1) is 0 Å². The third-order valence-corrected chi connectivity index (χ3v) is 5.65. The highest BCUT2D eigenvalue weighted by Crippen LogP contribution is 2.30. The zero-order chi connectivity index (χ0) is 17.4. The smallest absolute Gasteiger partial charge is 0.270 e. The van der Waals surface area contributed by atoms with E-state index in [2.05, 4.69) is 10.3 Å². The maximum Gasteiger partial charge on any atom is 0.270 e. The number of sulfone groups is 1. The van der Waals surface area contributed by atoms with Gasteiger partial charge in [0.1, 0.15) is 17.1 Å². The van der Waals surface area contributed by atoms with Crippen molar-refractivity contribution in [2.75, 3.05) is 5.75 Å². The summed E-state index contributed by atoms with van der Waals surface area (Å²) in [5, 5.41) is 2.72. The third kappa shape index (κ3) is 2.74. The molecule has 0 radical (unpaired) electrons. The van der Waals surface area contributed by atoms with Gasteiger partial charge in [0.05, 0.1) is 18.6 Å². The molecule has 3 heterocycles. The number of furan rings is 1. The van der Waals surface area contributed by atoms with E-state index in [9.17, 15) is 13.2 Å². The quantitative estimate of drug-likeness (QED) is 0.769. The van der Waals surface area contributed by atoms with Crippen LogP contribution in [-0.4, -0.2) is 29.6 Å². The average Bonchev–Trinajstić information content (AvgIpc) is 3.31. The maximum atomic E-state index is 12.8. The number of rotatable bonds is 4. The Balaban J connectivity index is 1.76. The van der Waals surface area contributed by atoms with Crippen molar-refractivity contribution < 1.29 is 17.6 Å². The number of nitrogens with zero attached hydrogens (tertiary/aromatic N) is 2. The van der Waals surface area contributed by atoms with Crippen molar-refractivity contribution in [3.63, 3.8) is 0 Å². The molecule has 25 heavy (non-hydrogen) atoms. The molecule has 3 aromatic rings. The van der Waals surface area contributed by atoms with Gasteiger partial charge in [-0.25, -0.2) is 13.4 Å². The van der Waals surface area contributed by atoms with E-state index in [1.54, 1.807) is 24.3 Å². The number of nitrogens with one attached hydrogen (secondary N) is 1. The Morgan fingerprint density at radius 3 is 2.72 bits per heavy atom. The molecule has 0 saturated carbocycles. The Morgan fingerprint density at radius 2 is 2.00 bits per heavy atom. The summed E-state index contributed by atoms with van der Waals surface area (Å²) in [6.45, 7) is 0.439. The highest BCUT2D eigenvalue weighted by molar-refractivity contribution is 7.91. The van der Waals surface area contributed by atoms with Gasteiger partial charge in [0.15, 0.2) is 0 Å². The number of aromatic nitrogens is 2. The molecule has 8 heteroatoms. The highest BCUT2D eigenvalue weighted by atomic mass is 32.2. The fourth-order valence-electron chi connectivity index (χ4n) is 2.87. The summed E-state index contributed by atoms with van der Waals surface area (Å²) >= 11 is 0. The molecule has 2 aromatic heterocycles. The second-order valence-electron chi connectivity index (χ2n) is 5.69. The molecule has 0 bridgehead atoms. The minimum absolute atomic E-state index is 0.0388. The van der Waals surface area contributed by atoms with Crippen LogP contribution in [0.3, 0.4) is 0 Å². The molecule has 0 fully saturated rings. The van der Waals surface area contributed by atoms with Gasteiger partial charge < -0.3 is 14.3 Å². The molecule has 0 aliphatic carbocycles. The molecule has 1 N–H and O–H groups in total. The van der Waals surface area contributed by atoms with Gasteiger partial charge in [0.25, 0.3) is 5.91 Å². The molecule has 0 unspecified atom stereocenters. The van der Waals surface area contributed by atoms with E-state index in [-0.39, 0.29) is 35.6 Å². The largest absolute Gasteiger partial charge is 0.467 e. The van der Waals surface area contributed by atoms with E-state index in [1.807, 2.05) is 18.2 Å². The van der Waals surface area contributed by atoms with Crippen LogP contribution < -0.4 is 5.32 Å². The summed E-state index contributed by atoms with van der Waals surface area (Å²) in [6.07, 6.45) is 1.53. The topological polar surface area (TPSA) is 94.2 Å². The Kier molecular flexibility index (Phi) is 3.69. The predicted molar refractivity (Wildman–Crippen MR) is 89.6 cm³/mol. The van der Waals surface area contributed by atoms with Gasteiger partial charge >= 0.3 is 0 Å². The zero-order valence-electron chi connectivity index (χ0n) is 13.2. The lowest BCUT2D eigenvalue weighted by molar-refractivity contribution is 0.0939. The van der Waals surface area contributed by atoms with Gasteiger partial charge in [-0.1, -0.05) is 30.3 Å². The van der Waals surface area contributed by atoms with Gasteiger partial charge in [-0.2, -0.15) is 0 Å². The fourth-order valence-corrected chi connectivity index (χ4v) is 4.23. The SMILES string of the molecule is O=C(NCc1ccco1)c1c(-c2ccccc2)nc2n1CCS2(=O)=O. The van der Waals surface area contributed by atoms with Crippen LogP contribution in [0.4, 0.5) is 0 Å². The zero-order valence-corrected chi connectivity index (χ0v) is 14.0. The number of benzene rings is 1. The molecule has 1 aliphatic rings. The van der Waals surface area contributed by atoms with Crippen molar-refractivity contribution in [3.05, 3.63) is 60.2 Å². The molecule has 0 spiro atoms. The summed E-state index contributed by atoms with van der Waals surface area (Å²) in [5.74, 6) is 0.192. The molecule has 1 amide bonds. The van der Waals surface area contributed by atoms with Crippen LogP contribution in [-0.2, 0) is 22.9 Å². The lowest BCUT2D eigenvalue weighted by atomic mass is 10.1. The maximum absolute atomic E-state index is 12.8. The average molecular weight is 357 g/mol. The molecule has 1 aromatic carbocycles. The van der Waals surface area contributed by atoms with Crippen LogP contribution in [0.25, 0.3) is 11.3 Å². The molecule has 1 aliphatic heterocycles. The molecule has 4 rings (SSSR count). The number of hydrogen-bond donors (Lipinski definition) is 1. The molecule has 7 nitrogen and oxygen atoms in total. The molecule has 0 saturated heterocycles. The number of carbonyl (C=O) groups excluding carboxylic acids is 1. The number of carbonyl (C=O) groups is 1. The van der Waals surface area contributed by atoms with Crippen molar-refractivity contribution in [2.45, 2.75) is 18.2 Å². The summed E-state index contributed by atoms with van der Waals surface area (Å²) in [5.41, 5.74) is 1.33. The minimum Gasteiger partial charge on any atom is -0.467 e. The van der Waals surface area contributed by atoms with Crippen molar-refractivity contribution >= 4 is 15.7 Å². The first-order chi connectivity index (χ1) is 12.1. The van der Waals surface area contributed by atoms with Crippen molar-refractivity contribution in [1.82, 2.24) is 14.9 Å². The van der Waals surface area contributed by atoms with Crippen LogP contribution >= 0.6 is 0 Å². The third-order valence-electron chi connectivity index (χ3n) is 4.06. The minimum atomic E-state index is -3.45.